The number of carbonyl (C=O) groups excluding carboxylic acids is 1. The van der Waals surface area contributed by atoms with Crippen LogP contribution in [-0.4, -0.2) is 13.0 Å². The maximum absolute atomic E-state index is 12.8. The van der Waals surface area contributed by atoms with Crippen molar-refractivity contribution in [1.29, 1.82) is 0 Å². The summed E-state index contributed by atoms with van der Waals surface area (Å²) in [4.78, 5) is 14.5. The Kier molecular flexibility index (Phi) is 3.92. The second-order valence-electron chi connectivity index (χ2n) is 5.42. The summed E-state index contributed by atoms with van der Waals surface area (Å²) < 4.78 is 0. The average Bonchev–Trinajstić information content (AvgIpc) is 2.60. The van der Waals surface area contributed by atoms with Crippen LogP contribution < -0.4 is 4.90 Å². The first kappa shape index (κ1) is 14.3. The van der Waals surface area contributed by atoms with Gasteiger partial charge in [-0.15, -0.1) is 0 Å². The van der Waals surface area contributed by atoms with E-state index in [1.165, 1.54) is 5.56 Å². The van der Waals surface area contributed by atoms with Gasteiger partial charge in [-0.1, -0.05) is 55.5 Å². The van der Waals surface area contributed by atoms with Crippen molar-refractivity contribution in [3.63, 3.8) is 0 Å². The molecule has 0 N–H and O–H groups in total. The third-order valence-corrected chi connectivity index (χ3v) is 4.01. The molecule has 0 saturated heterocycles. The van der Waals surface area contributed by atoms with Crippen LogP contribution in [0.4, 0.5) is 5.69 Å². The largest absolute Gasteiger partial charge is 0.311 e. The number of benzene rings is 3. The zero-order valence-corrected chi connectivity index (χ0v) is 12.9. The van der Waals surface area contributed by atoms with Gasteiger partial charge in [0.1, 0.15) is 0 Å². The Labute approximate surface area is 131 Å². The molecule has 0 fully saturated rings. The van der Waals surface area contributed by atoms with Gasteiger partial charge in [0.2, 0.25) is 0 Å². The first-order valence-electron chi connectivity index (χ1n) is 7.55. The number of anilines is 1. The lowest BCUT2D eigenvalue weighted by atomic mass is 10.1. The van der Waals surface area contributed by atoms with E-state index in [9.17, 15) is 4.79 Å². The van der Waals surface area contributed by atoms with Gasteiger partial charge < -0.3 is 4.90 Å². The van der Waals surface area contributed by atoms with Gasteiger partial charge in [0, 0.05) is 18.0 Å². The van der Waals surface area contributed by atoms with E-state index in [2.05, 4.69) is 31.2 Å². The van der Waals surface area contributed by atoms with E-state index in [0.717, 1.165) is 28.4 Å². The molecular formula is C20H19NO. The zero-order chi connectivity index (χ0) is 15.5. The minimum absolute atomic E-state index is 0.0200. The maximum atomic E-state index is 12.8. The fraction of sp³-hybridized carbons (Fsp3) is 0.150. The van der Waals surface area contributed by atoms with Crippen LogP contribution in [0.5, 0.6) is 0 Å². The van der Waals surface area contributed by atoms with Gasteiger partial charge in [0.05, 0.1) is 5.69 Å². The molecule has 22 heavy (non-hydrogen) atoms. The number of rotatable bonds is 3. The summed E-state index contributed by atoms with van der Waals surface area (Å²) in [5.74, 6) is 0.0200. The van der Waals surface area contributed by atoms with E-state index in [1.54, 1.807) is 4.90 Å². The normalized spacial score (nSPS) is 10.6. The summed E-state index contributed by atoms with van der Waals surface area (Å²) in [6.45, 7) is 2.10. The molecule has 0 aromatic heterocycles. The van der Waals surface area contributed by atoms with Crippen molar-refractivity contribution in [1.82, 2.24) is 0 Å². The smallest absolute Gasteiger partial charge is 0.258 e. The summed E-state index contributed by atoms with van der Waals surface area (Å²) in [6, 6.07) is 22.0. The molecule has 110 valence electrons. The highest BCUT2D eigenvalue weighted by atomic mass is 16.2. The number of nitrogens with zero attached hydrogens (tertiary/aromatic N) is 1. The van der Waals surface area contributed by atoms with Crippen molar-refractivity contribution in [3.8, 4) is 0 Å². The number of carbonyl (C=O) groups is 1. The van der Waals surface area contributed by atoms with Crippen LogP contribution in [-0.2, 0) is 6.42 Å². The molecule has 0 spiro atoms. The lowest BCUT2D eigenvalue weighted by Gasteiger charge is -2.20. The third kappa shape index (κ3) is 2.60. The molecule has 0 saturated carbocycles. The molecule has 0 unspecified atom stereocenters. The van der Waals surface area contributed by atoms with Gasteiger partial charge in [-0.3, -0.25) is 4.79 Å². The average molecular weight is 289 g/mol. The van der Waals surface area contributed by atoms with Gasteiger partial charge >= 0.3 is 0 Å². The minimum Gasteiger partial charge on any atom is -0.311 e. The zero-order valence-electron chi connectivity index (χ0n) is 12.9. The lowest BCUT2D eigenvalue weighted by molar-refractivity contribution is 0.0993. The molecule has 2 heteroatoms. The fourth-order valence-electron chi connectivity index (χ4n) is 2.73. The summed E-state index contributed by atoms with van der Waals surface area (Å²) >= 11 is 0. The summed E-state index contributed by atoms with van der Waals surface area (Å²) in [6.07, 6.45) is 0.930. The Morgan fingerprint density at radius 3 is 2.50 bits per heavy atom. The van der Waals surface area contributed by atoms with Crippen molar-refractivity contribution in [2.24, 2.45) is 0 Å². The van der Waals surface area contributed by atoms with E-state index in [0.29, 0.717) is 0 Å². The van der Waals surface area contributed by atoms with Gasteiger partial charge in [-0.2, -0.15) is 0 Å². The summed E-state index contributed by atoms with van der Waals surface area (Å²) in [5.41, 5.74) is 2.84. The number of aryl methyl sites for hydroxylation is 1. The molecule has 0 aliphatic heterocycles. The minimum atomic E-state index is 0.0200. The van der Waals surface area contributed by atoms with Crippen LogP contribution in [0.25, 0.3) is 10.8 Å². The first-order valence-corrected chi connectivity index (χ1v) is 7.55. The predicted octanol–water partition coefficient (Wildman–Crippen LogP) is 4.68. The molecule has 0 aliphatic carbocycles. The topological polar surface area (TPSA) is 20.3 Å². The molecule has 0 bridgehead atoms. The molecule has 2 nitrogen and oxygen atoms in total. The van der Waals surface area contributed by atoms with Gasteiger partial charge in [-0.05, 0) is 35.6 Å². The molecule has 0 heterocycles. The van der Waals surface area contributed by atoms with Crippen molar-refractivity contribution in [2.45, 2.75) is 13.3 Å². The maximum Gasteiger partial charge on any atom is 0.258 e. The Morgan fingerprint density at radius 1 is 0.955 bits per heavy atom. The van der Waals surface area contributed by atoms with Crippen LogP contribution in [0.3, 0.4) is 0 Å². The fourth-order valence-corrected chi connectivity index (χ4v) is 2.73. The molecule has 0 radical (unpaired) electrons. The van der Waals surface area contributed by atoms with Gasteiger partial charge in [-0.25, -0.2) is 0 Å². The second-order valence-corrected chi connectivity index (χ2v) is 5.42. The second kappa shape index (κ2) is 6.02. The summed E-state index contributed by atoms with van der Waals surface area (Å²) in [5, 5.41) is 2.23. The van der Waals surface area contributed by atoms with Crippen LogP contribution in [0.2, 0.25) is 0 Å². The van der Waals surface area contributed by atoms with Crippen LogP contribution in [0, 0.1) is 0 Å². The molecule has 3 aromatic carbocycles. The van der Waals surface area contributed by atoms with Gasteiger partial charge in [0.15, 0.2) is 0 Å². The van der Waals surface area contributed by atoms with E-state index < -0.39 is 0 Å². The molecule has 0 atom stereocenters. The molecule has 1 amide bonds. The highest BCUT2D eigenvalue weighted by Gasteiger charge is 2.15. The Hall–Kier alpha value is -2.61. The summed E-state index contributed by atoms with van der Waals surface area (Å²) in [7, 11) is 1.84. The van der Waals surface area contributed by atoms with Crippen LogP contribution >= 0.6 is 0 Å². The van der Waals surface area contributed by atoms with E-state index in [1.807, 2.05) is 49.5 Å². The highest BCUT2D eigenvalue weighted by Crippen LogP contribution is 2.27. The monoisotopic (exact) mass is 289 g/mol. The van der Waals surface area contributed by atoms with Crippen LogP contribution in [0.1, 0.15) is 22.8 Å². The van der Waals surface area contributed by atoms with Crippen molar-refractivity contribution < 1.29 is 4.79 Å². The van der Waals surface area contributed by atoms with E-state index in [4.69, 9.17) is 0 Å². The van der Waals surface area contributed by atoms with E-state index >= 15 is 0 Å². The van der Waals surface area contributed by atoms with Crippen LogP contribution in [0.15, 0.2) is 66.7 Å². The molecular weight excluding hydrogens is 270 g/mol. The van der Waals surface area contributed by atoms with Gasteiger partial charge in [0.25, 0.3) is 5.91 Å². The SMILES string of the molecule is CCc1cccc(C(=O)N(C)c2cccc3ccccc23)c1. The number of amides is 1. The third-order valence-electron chi connectivity index (χ3n) is 4.01. The molecule has 0 aliphatic rings. The number of hydrogen-bond donors (Lipinski definition) is 0. The first-order chi connectivity index (χ1) is 10.7. The quantitative estimate of drug-likeness (QED) is 0.685. The standard InChI is InChI=1S/C20H19NO/c1-3-15-8-6-11-17(14-15)20(22)21(2)19-13-7-10-16-9-4-5-12-18(16)19/h4-14H,3H2,1-2H3. The highest BCUT2D eigenvalue weighted by molar-refractivity contribution is 6.10. The van der Waals surface area contributed by atoms with Crippen molar-refractivity contribution in [3.05, 3.63) is 77.9 Å². The molecule has 3 rings (SSSR count). The number of hydrogen-bond acceptors (Lipinski definition) is 1. The Balaban J connectivity index is 2.01. The Morgan fingerprint density at radius 2 is 1.68 bits per heavy atom. The van der Waals surface area contributed by atoms with Crippen molar-refractivity contribution >= 4 is 22.4 Å². The van der Waals surface area contributed by atoms with Crippen molar-refractivity contribution in [2.75, 3.05) is 11.9 Å². The van der Waals surface area contributed by atoms with E-state index in [-0.39, 0.29) is 5.91 Å². The molecule has 3 aromatic rings. The predicted molar refractivity (Wildman–Crippen MR) is 92.5 cm³/mol. The lowest BCUT2D eigenvalue weighted by Crippen LogP contribution is -2.26. The Bertz CT molecular complexity index is 817. The number of fused-ring (bicyclic) bond motifs is 1.